The van der Waals surface area contributed by atoms with Gasteiger partial charge < -0.3 is 9.90 Å². The first kappa shape index (κ1) is 27.7. The van der Waals surface area contributed by atoms with Gasteiger partial charge in [-0.1, -0.05) is 81.5 Å². The van der Waals surface area contributed by atoms with Crippen LogP contribution in [0.25, 0.3) is 5.57 Å². The van der Waals surface area contributed by atoms with E-state index in [4.69, 9.17) is 9.90 Å². The van der Waals surface area contributed by atoms with E-state index in [0.29, 0.717) is 13.2 Å². The van der Waals surface area contributed by atoms with Gasteiger partial charge in [0.05, 0.1) is 6.54 Å². The van der Waals surface area contributed by atoms with E-state index in [2.05, 4.69) is 61.1 Å². The van der Waals surface area contributed by atoms with Gasteiger partial charge in [0.25, 0.3) is 0 Å². The molecule has 0 saturated heterocycles. The van der Waals surface area contributed by atoms with Crippen LogP contribution in [0.1, 0.15) is 83.3 Å². The van der Waals surface area contributed by atoms with Crippen molar-refractivity contribution < 1.29 is 9.90 Å². The Morgan fingerprint density at radius 1 is 1.07 bits per heavy atom. The minimum Gasteiger partial charge on any atom is -0.396 e. The minimum atomic E-state index is 0.336. The van der Waals surface area contributed by atoms with Crippen molar-refractivity contribution in [3.05, 3.63) is 64.8 Å². The zero-order chi connectivity index (χ0) is 22.6. The van der Waals surface area contributed by atoms with Crippen molar-refractivity contribution in [2.75, 3.05) is 6.61 Å². The molecule has 0 fully saturated rings. The highest BCUT2D eigenvalue weighted by Crippen LogP contribution is 2.30. The maximum Gasteiger partial charge on any atom is 0.106 e. The number of carbonyl (C=O) groups excluding carboxylic acids is 1. The van der Waals surface area contributed by atoms with Gasteiger partial charge in [0.15, 0.2) is 0 Å². The molecular weight excluding hydrogens is 370 g/mol. The summed E-state index contributed by atoms with van der Waals surface area (Å²) in [6.07, 6.45) is 16.3. The lowest BCUT2D eigenvalue weighted by Crippen LogP contribution is -1.88. The number of unbranched alkanes of at least 4 members (excludes halogenated alkanes) is 5. The summed E-state index contributed by atoms with van der Waals surface area (Å²) in [5.41, 5.74) is 6.79. The van der Waals surface area contributed by atoms with Gasteiger partial charge in [-0.3, -0.25) is 4.99 Å². The summed E-state index contributed by atoms with van der Waals surface area (Å²) >= 11 is 0. The lowest BCUT2D eigenvalue weighted by Gasteiger charge is -2.07. The van der Waals surface area contributed by atoms with Crippen LogP contribution in [0.5, 0.6) is 0 Å². The molecule has 0 saturated carbocycles. The molecule has 30 heavy (non-hydrogen) atoms. The molecule has 0 aromatic heterocycles. The zero-order valence-corrected chi connectivity index (χ0v) is 19.3. The molecule has 0 atom stereocenters. The fourth-order valence-corrected chi connectivity index (χ4v) is 3.45. The number of hydrogen-bond acceptors (Lipinski definition) is 3. The second-order valence-electron chi connectivity index (χ2n) is 7.28. The summed E-state index contributed by atoms with van der Waals surface area (Å²) in [7, 11) is 0. The molecule has 1 aliphatic rings. The third-order valence-electron chi connectivity index (χ3n) is 4.90. The van der Waals surface area contributed by atoms with Crippen LogP contribution in [0.15, 0.2) is 58.6 Å². The largest absolute Gasteiger partial charge is 0.396 e. The molecule has 3 heteroatoms. The summed E-state index contributed by atoms with van der Waals surface area (Å²) in [5, 5.41) is 8.78. The SMILES string of the molecule is C=NCc1cccc(C2=CC=C(/C=C(\C)CCCCCCCCO)C2)c1.C=O.CC. The smallest absolute Gasteiger partial charge is 0.106 e. The minimum absolute atomic E-state index is 0.336. The average Bonchev–Trinajstić information content (AvgIpc) is 3.25. The predicted molar refractivity (Wildman–Crippen MR) is 132 cm³/mol. The van der Waals surface area contributed by atoms with Crippen molar-refractivity contribution >= 4 is 19.1 Å². The summed E-state index contributed by atoms with van der Waals surface area (Å²) in [5.74, 6) is 0. The van der Waals surface area contributed by atoms with E-state index in [-0.39, 0.29) is 0 Å². The normalized spacial score (nSPS) is 12.7. The maximum atomic E-state index is 8.78. The van der Waals surface area contributed by atoms with Crippen LogP contribution in [-0.2, 0) is 11.3 Å². The topological polar surface area (TPSA) is 49.7 Å². The molecule has 1 N–H and O–H groups in total. The lowest BCUT2D eigenvalue weighted by atomic mass is 9.99. The monoisotopic (exact) mass is 411 g/mol. The Hall–Kier alpha value is -2.26. The number of rotatable bonds is 12. The zero-order valence-electron chi connectivity index (χ0n) is 19.3. The summed E-state index contributed by atoms with van der Waals surface area (Å²) in [6, 6.07) is 8.62. The average molecular weight is 412 g/mol. The molecule has 0 bridgehead atoms. The maximum absolute atomic E-state index is 8.78. The third kappa shape index (κ3) is 11.7. The van der Waals surface area contributed by atoms with E-state index >= 15 is 0 Å². The fraction of sp³-hybridized carbons (Fsp3) is 0.481. The molecule has 166 valence electrons. The Morgan fingerprint density at radius 3 is 2.40 bits per heavy atom. The van der Waals surface area contributed by atoms with E-state index in [1.165, 1.54) is 60.0 Å². The molecule has 2 rings (SSSR count). The molecule has 0 unspecified atom stereocenters. The highest BCUT2D eigenvalue weighted by atomic mass is 16.2. The Labute approximate surface area is 184 Å². The Bertz CT molecular complexity index is 686. The van der Waals surface area contributed by atoms with Crippen LogP contribution in [0.2, 0.25) is 0 Å². The highest BCUT2D eigenvalue weighted by molar-refractivity contribution is 5.73. The first-order valence-electron chi connectivity index (χ1n) is 11.2. The van der Waals surface area contributed by atoms with Crippen molar-refractivity contribution in [2.24, 2.45) is 4.99 Å². The van der Waals surface area contributed by atoms with Gasteiger partial charge in [-0.25, -0.2) is 0 Å². The fourth-order valence-electron chi connectivity index (χ4n) is 3.45. The molecule has 3 nitrogen and oxygen atoms in total. The number of aliphatic hydroxyl groups is 1. The van der Waals surface area contributed by atoms with Gasteiger partial charge >= 0.3 is 0 Å². The van der Waals surface area contributed by atoms with Gasteiger partial charge in [-0.2, -0.15) is 0 Å². The highest BCUT2D eigenvalue weighted by Gasteiger charge is 2.09. The van der Waals surface area contributed by atoms with Gasteiger partial charge in [0, 0.05) is 6.61 Å². The van der Waals surface area contributed by atoms with E-state index in [0.717, 1.165) is 19.3 Å². The number of carbonyl (C=O) groups is 1. The molecular formula is C27H41NO2. The predicted octanol–water partition coefficient (Wildman–Crippen LogP) is 7.11. The Morgan fingerprint density at radius 2 is 1.73 bits per heavy atom. The molecule has 1 aromatic rings. The van der Waals surface area contributed by atoms with Crippen LogP contribution in [-0.4, -0.2) is 25.2 Å². The third-order valence-corrected chi connectivity index (χ3v) is 4.90. The van der Waals surface area contributed by atoms with Crippen LogP contribution in [0.3, 0.4) is 0 Å². The molecule has 0 heterocycles. The van der Waals surface area contributed by atoms with Crippen molar-refractivity contribution in [2.45, 2.75) is 78.7 Å². The number of nitrogens with zero attached hydrogens (tertiary/aromatic N) is 1. The molecule has 0 spiro atoms. The van der Waals surface area contributed by atoms with Gasteiger partial charge in [-0.15, -0.1) is 0 Å². The first-order valence-corrected chi connectivity index (χ1v) is 11.2. The van der Waals surface area contributed by atoms with Crippen LogP contribution < -0.4 is 0 Å². The number of benzene rings is 1. The summed E-state index contributed by atoms with van der Waals surface area (Å²) in [6.45, 7) is 12.9. The quantitative estimate of drug-likeness (QED) is 0.294. The van der Waals surface area contributed by atoms with Crippen molar-refractivity contribution in [3.63, 3.8) is 0 Å². The summed E-state index contributed by atoms with van der Waals surface area (Å²) in [4.78, 5) is 12.0. The van der Waals surface area contributed by atoms with E-state index in [1.54, 1.807) is 0 Å². The molecule has 1 aliphatic carbocycles. The Balaban J connectivity index is 0.00000198. The summed E-state index contributed by atoms with van der Waals surface area (Å²) < 4.78 is 0. The molecule has 0 amide bonds. The first-order chi connectivity index (χ1) is 14.7. The molecule has 1 aromatic carbocycles. The lowest BCUT2D eigenvalue weighted by molar-refractivity contribution is -0.0979. The second kappa shape index (κ2) is 18.7. The van der Waals surface area contributed by atoms with Gasteiger partial charge in [-0.05, 0) is 67.7 Å². The molecule has 0 radical (unpaired) electrons. The van der Waals surface area contributed by atoms with Crippen LogP contribution in [0.4, 0.5) is 0 Å². The number of allylic oxidation sites excluding steroid dienone is 6. The van der Waals surface area contributed by atoms with Crippen LogP contribution in [0, 0.1) is 0 Å². The van der Waals surface area contributed by atoms with Gasteiger partial charge in [0.1, 0.15) is 6.79 Å². The second-order valence-corrected chi connectivity index (χ2v) is 7.28. The van der Waals surface area contributed by atoms with E-state index in [9.17, 15) is 0 Å². The standard InChI is InChI=1S/C24H33NO.C2H6.CH2O/c1-20(10-7-5-3-4-6-8-15-26)16-21-13-14-24(17-21)23-12-9-11-22(18-23)19-25-2;2*1-2/h9,11-14,16,18,26H,2-8,10,15,17,19H2,1H3;1-2H3;1H2/b20-16+;;. The van der Waals surface area contributed by atoms with E-state index < -0.39 is 0 Å². The Kier molecular flexibility index (Phi) is 17.3. The number of aliphatic hydroxyl groups excluding tert-OH is 1. The van der Waals surface area contributed by atoms with Crippen LogP contribution >= 0.6 is 0 Å². The number of aliphatic imine (C=N–C) groups is 1. The number of hydrogen-bond donors (Lipinski definition) is 1. The van der Waals surface area contributed by atoms with Gasteiger partial charge in [0.2, 0.25) is 0 Å². The van der Waals surface area contributed by atoms with Crippen molar-refractivity contribution in [3.8, 4) is 0 Å². The van der Waals surface area contributed by atoms with Crippen molar-refractivity contribution in [1.82, 2.24) is 0 Å². The van der Waals surface area contributed by atoms with E-state index in [1.807, 2.05) is 20.6 Å². The van der Waals surface area contributed by atoms with Crippen molar-refractivity contribution in [1.29, 1.82) is 0 Å². The molecule has 0 aliphatic heterocycles.